The standard InChI is InChI=1S/C14H14N2O3/c1-9(17)16-13(14(18)19-2)7-10-8-15-12-6-4-3-5-11(10)12/h3-8,15H,1-2H3,(H,16,17). The first-order chi connectivity index (χ1) is 9.11. The third kappa shape index (κ3) is 2.82. The second-order valence-electron chi connectivity index (χ2n) is 4.02. The lowest BCUT2D eigenvalue weighted by molar-refractivity contribution is -0.137. The van der Waals surface area contributed by atoms with E-state index < -0.39 is 5.97 Å². The van der Waals surface area contributed by atoms with Crippen molar-refractivity contribution < 1.29 is 14.3 Å². The van der Waals surface area contributed by atoms with Gasteiger partial charge in [0.15, 0.2) is 0 Å². The molecular formula is C14H14N2O3. The molecule has 1 heterocycles. The first kappa shape index (κ1) is 12.9. The highest BCUT2D eigenvalue weighted by Gasteiger charge is 2.12. The molecular weight excluding hydrogens is 244 g/mol. The van der Waals surface area contributed by atoms with E-state index in [1.807, 2.05) is 24.3 Å². The van der Waals surface area contributed by atoms with Gasteiger partial charge in [-0.05, 0) is 12.1 Å². The second kappa shape index (κ2) is 5.39. The molecule has 2 rings (SSSR count). The van der Waals surface area contributed by atoms with Gasteiger partial charge in [0.05, 0.1) is 7.11 Å². The molecule has 5 heteroatoms. The van der Waals surface area contributed by atoms with Crippen molar-refractivity contribution in [3.8, 4) is 0 Å². The number of hydrogen-bond acceptors (Lipinski definition) is 3. The van der Waals surface area contributed by atoms with Crippen LogP contribution in [-0.2, 0) is 14.3 Å². The first-order valence-electron chi connectivity index (χ1n) is 5.75. The van der Waals surface area contributed by atoms with Gasteiger partial charge in [0.1, 0.15) is 5.70 Å². The number of H-pyrrole nitrogens is 1. The molecule has 0 aliphatic rings. The van der Waals surface area contributed by atoms with Crippen LogP contribution >= 0.6 is 0 Å². The molecule has 2 N–H and O–H groups in total. The fraction of sp³-hybridized carbons (Fsp3) is 0.143. The highest BCUT2D eigenvalue weighted by Crippen LogP contribution is 2.20. The Morgan fingerprint density at radius 2 is 2.05 bits per heavy atom. The number of rotatable bonds is 3. The number of benzene rings is 1. The van der Waals surface area contributed by atoms with E-state index in [1.54, 1.807) is 12.3 Å². The summed E-state index contributed by atoms with van der Waals surface area (Å²) in [6.07, 6.45) is 3.36. The van der Waals surface area contributed by atoms with Crippen LogP contribution in [0.25, 0.3) is 17.0 Å². The van der Waals surface area contributed by atoms with Crippen LogP contribution in [0.1, 0.15) is 12.5 Å². The molecule has 0 aliphatic carbocycles. The zero-order valence-corrected chi connectivity index (χ0v) is 10.7. The summed E-state index contributed by atoms with van der Waals surface area (Å²) < 4.78 is 4.64. The summed E-state index contributed by atoms with van der Waals surface area (Å²) in [5, 5.41) is 3.43. The number of ether oxygens (including phenoxy) is 1. The Kier molecular flexibility index (Phi) is 3.66. The minimum absolute atomic E-state index is 0.111. The number of aromatic amines is 1. The largest absolute Gasteiger partial charge is 0.464 e. The Hall–Kier alpha value is -2.56. The SMILES string of the molecule is COC(=O)C(=Cc1c[nH]c2ccccc12)NC(C)=O. The quantitative estimate of drug-likeness (QED) is 0.651. The van der Waals surface area contributed by atoms with Gasteiger partial charge in [0, 0.05) is 29.6 Å². The first-order valence-corrected chi connectivity index (χ1v) is 5.75. The molecule has 0 atom stereocenters. The van der Waals surface area contributed by atoms with Crippen LogP contribution in [0.4, 0.5) is 0 Å². The molecule has 0 aliphatic heterocycles. The molecule has 1 aromatic heterocycles. The monoisotopic (exact) mass is 258 g/mol. The Balaban J connectivity index is 2.45. The third-order valence-electron chi connectivity index (χ3n) is 2.64. The van der Waals surface area contributed by atoms with Crippen molar-refractivity contribution in [3.63, 3.8) is 0 Å². The third-order valence-corrected chi connectivity index (χ3v) is 2.64. The lowest BCUT2D eigenvalue weighted by Crippen LogP contribution is -2.25. The average molecular weight is 258 g/mol. The van der Waals surface area contributed by atoms with Gasteiger partial charge >= 0.3 is 5.97 Å². The topological polar surface area (TPSA) is 71.2 Å². The number of carbonyl (C=O) groups is 2. The van der Waals surface area contributed by atoms with Gasteiger partial charge in [0.25, 0.3) is 0 Å². The second-order valence-corrected chi connectivity index (χ2v) is 4.02. The van der Waals surface area contributed by atoms with Crippen LogP contribution in [0.15, 0.2) is 36.2 Å². The highest BCUT2D eigenvalue weighted by molar-refractivity contribution is 6.00. The van der Waals surface area contributed by atoms with Gasteiger partial charge in [0.2, 0.25) is 5.91 Å². The van der Waals surface area contributed by atoms with Crippen LogP contribution in [0, 0.1) is 0 Å². The Bertz CT molecular complexity index is 656. The van der Waals surface area contributed by atoms with Gasteiger partial charge in [-0.1, -0.05) is 18.2 Å². The van der Waals surface area contributed by atoms with E-state index in [9.17, 15) is 9.59 Å². The van der Waals surface area contributed by atoms with E-state index in [1.165, 1.54) is 14.0 Å². The summed E-state index contributed by atoms with van der Waals surface area (Å²) in [5.41, 5.74) is 1.88. The highest BCUT2D eigenvalue weighted by atomic mass is 16.5. The molecule has 0 saturated carbocycles. The Labute approximate surface area is 110 Å². The molecule has 98 valence electrons. The van der Waals surface area contributed by atoms with Crippen LogP contribution in [0.2, 0.25) is 0 Å². The number of hydrogen-bond donors (Lipinski definition) is 2. The summed E-state index contributed by atoms with van der Waals surface area (Å²) in [7, 11) is 1.27. The smallest absolute Gasteiger partial charge is 0.354 e. The zero-order chi connectivity index (χ0) is 13.8. The van der Waals surface area contributed by atoms with E-state index >= 15 is 0 Å². The number of esters is 1. The van der Waals surface area contributed by atoms with Gasteiger partial charge in [-0.15, -0.1) is 0 Å². The minimum atomic E-state index is -0.583. The molecule has 0 radical (unpaired) electrons. The summed E-state index contributed by atoms with van der Waals surface area (Å²) >= 11 is 0. The molecule has 5 nitrogen and oxygen atoms in total. The summed E-state index contributed by atoms with van der Waals surface area (Å²) in [6, 6.07) is 7.69. The van der Waals surface area contributed by atoms with Crippen LogP contribution in [-0.4, -0.2) is 24.0 Å². The van der Waals surface area contributed by atoms with E-state index in [-0.39, 0.29) is 11.6 Å². The number of amides is 1. The lowest BCUT2D eigenvalue weighted by atomic mass is 10.1. The summed E-state index contributed by atoms with van der Waals surface area (Å²) in [4.78, 5) is 25.8. The van der Waals surface area contributed by atoms with Gasteiger partial charge in [-0.25, -0.2) is 4.79 Å². The summed E-state index contributed by atoms with van der Waals surface area (Å²) in [6.45, 7) is 1.34. The molecule has 0 bridgehead atoms. The van der Waals surface area contributed by atoms with Crippen molar-refractivity contribution in [2.24, 2.45) is 0 Å². The number of nitrogens with one attached hydrogen (secondary N) is 2. The number of carbonyl (C=O) groups excluding carboxylic acids is 2. The van der Waals surface area contributed by atoms with Crippen LogP contribution < -0.4 is 5.32 Å². The lowest BCUT2D eigenvalue weighted by Gasteiger charge is -2.05. The Morgan fingerprint density at radius 1 is 1.32 bits per heavy atom. The van der Waals surface area contributed by atoms with Crippen molar-refractivity contribution in [2.75, 3.05) is 7.11 Å². The van der Waals surface area contributed by atoms with Crippen molar-refractivity contribution in [2.45, 2.75) is 6.92 Å². The number of aromatic nitrogens is 1. The molecule has 1 amide bonds. The van der Waals surface area contributed by atoms with E-state index in [0.29, 0.717) is 0 Å². The average Bonchev–Trinajstić information content (AvgIpc) is 2.80. The van der Waals surface area contributed by atoms with Gasteiger partial charge < -0.3 is 15.0 Å². The molecule has 0 spiro atoms. The predicted molar refractivity (Wildman–Crippen MR) is 72.1 cm³/mol. The molecule has 0 fully saturated rings. The van der Waals surface area contributed by atoms with Crippen molar-refractivity contribution in [1.29, 1.82) is 0 Å². The molecule has 0 unspecified atom stereocenters. The van der Waals surface area contributed by atoms with Crippen molar-refractivity contribution in [3.05, 3.63) is 41.7 Å². The van der Waals surface area contributed by atoms with Crippen LogP contribution in [0.5, 0.6) is 0 Å². The maximum atomic E-state index is 11.6. The number of fused-ring (bicyclic) bond motifs is 1. The normalized spacial score (nSPS) is 11.4. The fourth-order valence-electron chi connectivity index (χ4n) is 1.81. The van der Waals surface area contributed by atoms with Gasteiger partial charge in [-0.2, -0.15) is 0 Å². The van der Waals surface area contributed by atoms with Crippen molar-refractivity contribution in [1.82, 2.24) is 10.3 Å². The van der Waals surface area contributed by atoms with E-state index in [4.69, 9.17) is 0 Å². The molecule has 19 heavy (non-hydrogen) atoms. The van der Waals surface area contributed by atoms with Gasteiger partial charge in [-0.3, -0.25) is 4.79 Å². The zero-order valence-electron chi connectivity index (χ0n) is 10.7. The number of para-hydroxylation sites is 1. The predicted octanol–water partition coefficient (Wildman–Crippen LogP) is 1.82. The maximum Gasteiger partial charge on any atom is 0.354 e. The summed E-state index contributed by atoms with van der Waals surface area (Å²) in [5.74, 6) is -0.906. The van der Waals surface area contributed by atoms with Crippen LogP contribution in [0.3, 0.4) is 0 Å². The Morgan fingerprint density at radius 3 is 2.74 bits per heavy atom. The number of methoxy groups -OCH3 is 1. The minimum Gasteiger partial charge on any atom is -0.464 e. The molecule has 1 aromatic carbocycles. The van der Waals surface area contributed by atoms with Crippen molar-refractivity contribution >= 4 is 28.9 Å². The molecule has 0 saturated heterocycles. The fourth-order valence-corrected chi connectivity index (χ4v) is 1.81. The van der Waals surface area contributed by atoms with E-state index in [0.717, 1.165) is 16.5 Å². The van der Waals surface area contributed by atoms with E-state index in [2.05, 4.69) is 15.0 Å². The maximum absolute atomic E-state index is 11.6. The molecule has 2 aromatic rings.